The minimum atomic E-state index is 0.831. The minimum Gasteiger partial charge on any atom is -0.304 e. The second-order valence-electron chi connectivity index (χ2n) is 4.14. The lowest BCUT2D eigenvalue weighted by Crippen LogP contribution is -2.50. The maximum atomic E-state index is 4.14. The summed E-state index contributed by atoms with van der Waals surface area (Å²) in [5, 5.41) is 6.41. The molecule has 88 valence electrons. The molecule has 0 bridgehead atoms. The van der Waals surface area contributed by atoms with E-state index in [4.69, 9.17) is 0 Å². The summed E-state index contributed by atoms with van der Waals surface area (Å²) in [5.41, 5.74) is 4.59. The molecule has 0 aromatic carbocycles. The van der Waals surface area contributed by atoms with Gasteiger partial charge in [0.25, 0.3) is 0 Å². The van der Waals surface area contributed by atoms with Crippen LogP contribution in [0.2, 0.25) is 0 Å². The highest BCUT2D eigenvalue weighted by atomic mass is 15.5. The lowest BCUT2D eigenvalue weighted by atomic mass is 10.3. The summed E-state index contributed by atoms with van der Waals surface area (Å²) in [5.74, 6) is 0. The summed E-state index contributed by atoms with van der Waals surface area (Å²) >= 11 is 0. The molecule has 0 unspecified atom stereocenters. The van der Waals surface area contributed by atoms with Crippen LogP contribution in [0.25, 0.3) is 6.20 Å². The van der Waals surface area contributed by atoms with Gasteiger partial charge in [-0.25, -0.2) is 9.69 Å². The average molecular weight is 221 g/mol. The molecule has 0 radical (unpaired) electrons. The molecule has 16 heavy (non-hydrogen) atoms. The Hall–Kier alpha value is -1.17. The van der Waals surface area contributed by atoms with E-state index in [0.717, 1.165) is 32.7 Å². The number of nitrogens with zero attached hydrogens (tertiary/aromatic N) is 4. The summed E-state index contributed by atoms with van der Waals surface area (Å²) < 4.78 is 1.72. The number of hydrogen-bond donors (Lipinski definition) is 1. The van der Waals surface area contributed by atoms with Crippen LogP contribution in [-0.4, -0.2) is 52.9 Å². The van der Waals surface area contributed by atoms with Crippen LogP contribution in [0.4, 0.5) is 0 Å². The highest BCUT2D eigenvalue weighted by Gasteiger charge is 2.12. The molecule has 0 amide bonds. The van der Waals surface area contributed by atoms with Crippen molar-refractivity contribution in [1.29, 1.82) is 0 Å². The van der Waals surface area contributed by atoms with E-state index in [1.54, 1.807) is 10.9 Å². The smallest absolute Gasteiger partial charge is 0.0539 e. The Labute approximate surface area is 96.3 Å². The second-order valence-corrected chi connectivity index (χ2v) is 4.14. The monoisotopic (exact) mass is 221 g/mol. The third-order valence-electron chi connectivity index (χ3n) is 2.85. The molecule has 2 heterocycles. The fraction of sp³-hybridized carbons (Fsp3) is 0.545. The van der Waals surface area contributed by atoms with Gasteiger partial charge in [0.15, 0.2) is 0 Å². The summed E-state index contributed by atoms with van der Waals surface area (Å²) in [4.78, 5) is 2.34. The number of aromatic nitrogens is 2. The largest absolute Gasteiger partial charge is 0.304 e. The van der Waals surface area contributed by atoms with Crippen LogP contribution in [0.5, 0.6) is 0 Å². The summed E-state index contributed by atoms with van der Waals surface area (Å²) in [7, 11) is 2.16. The molecule has 0 saturated carbocycles. The molecular weight excluding hydrogens is 202 g/mol. The van der Waals surface area contributed by atoms with Gasteiger partial charge in [0.05, 0.1) is 6.20 Å². The molecule has 1 aliphatic heterocycles. The molecule has 5 nitrogen and oxygen atoms in total. The predicted octanol–water partition coefficient (Wildman–Crippen LogP) is 0.236. The van der Waals surface area contributed by atoms with E-state index in [1.807, 2.05) is 12.4 Å². The van der Waals surface area contributed by atoms with Crippen molar-refractivity contribution in [3.05, 3.63) is 24.5 Å². The van der Waals surface area contributed by atoms with Gasteiger partial charge >= 0.3 is 0 Å². The van der Waals surface area contributed by atoms with Gasteiger partial charge in [-0.05, 0) is 7.05 Å². The fourth-order valence-corrected chi connectivity index (χ4v) is 1.74. The standard InChI is InChI=1S/C11H19N5/c1-3-15-10-11(8-12-15)9-13-16-6-4-14(2)5-7-16/h3,8,10,13H,1,4-7,9H2,2H3. The Balaban J connectivity index is 1.76. The Morgan fingerprint density at radius 3 is 2.81 bits per heavy atom. The van der Waals surface area contributed by atoms with Gasteiger partial charge in [-0.15, -0.1) is 0 Å². The van der Waals surface area contributed by atoms with E-state index in [0.29, 0.717) is 0 Å². The van der Waals surface area contributed by atoms with Crippen molar-refractivity contribution in [3.63, 3.8) is 0 Å². The van der Waals surface area contributed by atoms with E-state index in [9.17, 15) is 0 Å². The van der Waals surface area contributed by atoms with Gasteiger partial charge in [0.1, 0.15) is 0 Å². The summed E-state index contributed by atoms with van der Waals surface area (Å²) in [6.07, 6.45) is 5.54. The third kappa shape index (κ3) is 2.91. The Morgan fingerprint density at radius 2 is 2.19 bits per heavy atom. The van der Waals surface area contributed by atoms with E-state index in [2.05, 4.69) is 34.1 Å². The SMILES string of the molecule is C=Cn1cc(CNN2CCN(C)CC2)cn1. The first-order chi connectivity index (χ1) is 7.78. The lowest BCUT2D eigenvalue weighted by Gasteiger charge is -2.32. The van der Waals surface area contributed by atoms with E-state index >= 15 is 0 Å². The highest BCUT2D eigenvalue weighted by molar-refractivity contribution is 5.17. The van der Waals surface area contributed by atoms with Gasteiger partial charge in [0, 0.05) is 50.7 Å². The Bertz CT molecular complexity index is 338. The average Bonchev–Trinajstić information content (AvgIpc) is 2.76. The van der Waals surface area contributed by atoms with Crippen LogP contribution in [0, 0.1) is 0 Å². The maximum Gasteiger partial charge on any atom is 0.0539 e. The second kappa shape index (κ2) is 5.25. The quantitative estimate of drug-likeness (QED) is 0.790. The molecular formula is C11H19N5. The lowest BCUT2D eigenvalue weighted by molar-refractivity contribution is 0.102. The molecule has 1 aromatic heterocycles. The van der Waals surface area contributed by atoms with Crippen molar-refractivity contribution in [2.75, 3.05) is 33.2 Å². The molecule has 1 saturated heterocycles. The van der Waals surface area contributed by atoms with Crippen LogP contribution < -0.4 is 5.43 Å². The van der Waals surface area contributed by atoms with Crippen molar-refractivity contribution in [2.24, 2.45) is 0 Å². The van der Waals surface area contributed by atoms with E-state index < -0.39 is 0 Å². The Kier molecular flexibility index (Phi) is 3.71. The fourth-order valence-electron chi connectivity index (χ4n) is 1.74. The number of hydrogen-bond acceptors (Lipinski definition) is 4. The van der Waals surface area contributed by atoms with Crippen LogP contribution in [0.1, 0.15) is 5.56 Å². The first-order valence-electron chi connectivity index (χ1n) is 5.60. The molecule has 1 aromatic rings. The molecule has 0 aliphatic carbocycles. The third-order valence-corrected chi connectivity index (χ3v) is 2.85. The summed E-state index contributed by atoms with van der Waals surface area (Å²) in [6.45, 7) is 8.90. The van der Waals surface area contributed by atoms with Crippen LogP contribution >= 0.6 is 0 Å². The first-order valence-corrected chi connectivity index (χ1v) is 5.60. The molecule has 0 spiro atoms. The minimum absolute atomic E-state index is 0.831. The van der Waals surface area contributed by atoms with Crippen molar-refractivity contribution in [1.82, 2.24) is 25.1 Å². The number of rotatable bonds is 4. The zero-order chi connectivity index (χ0) is 11.4. The number of piperazine rings is 1. The highest BCUT2D eigenvalue weighted by Crippen LogP contribution is 2.00. The normalized spacial score (nSPS) is 18.8. The molecule has 1 aliphatic rings. The van der Waals surface area contributed by atoms with Gasteiger partial charge < -0.3 is 4.90 Å². The van der Waals surface area contributed by atoms with Gasteiger partial charge in [0.2, 0.25) is 0 Å². The van der Waals surface area contributed by atoms with Crippen LogP contribution in [0.3, 0.4) is 0 Å². The Morgan fingerprint density at radius 1 is 1.44 bits per heavy atom. The van der Waals surface area contributed by atoms with Gasteiger partial charge in [-0.1, -0.05) is 6.58 Å². The molecule has 1 N–H and O–H groups in total. The van der Waals surface area contributed by atoms with Crippen LogP contribution in [0.15, 0.2) is 19.0 Å². The van der Waals surface area contributed by atoms with Crippen LogP contribution in [-0.2, 0) is 6.54 Å². The van der Waals surface area contributed by atoms with Gasteiger partial charge in [-0.3, -0.25) is 5.43 Å². The topological polar surface area (TPSA) is 36.3 Å². The van der Waals surface area contributed by atoms with Crippen molar-refractivity contribution >= 4 is 6.20 Å². The zero-order valence-electron chi connectivity index (χ0n) is 9.76. The van der Waals surface area contributed by atoms with Crippen molar-refractivity contribution in [3.8, 4) is 0 Å². The number of nitrogens with one attached hydrogen (secondary N) is 1. The van der Waals surface area contributed by atoms with E-state index in [1.165, 1.54) is 5.56 Å². The predicted molar refractivity (Wildman–Crippen MR) is 64.5 cm³/mol. The first kappa shape index (κ1) is 11.3. The van der Waals surface area contributed by atoms with Gasteiger partial charge in [-0.2, -0.15) is 5.10 Å². The molecule has 2 rings (SSSR count). The zero-order valence-corrected chi connectivity index (χ0v) is 9.76. The van der Waals surface area contributed by atoms with Crippen molar-refractivity contribution < 1.29 is 0 Å². The molecule has 0 atom stereocenters. The summed E-state index contributed by atoms with van der Waals surface area (Å²) in [6, 6.07) is 0. The maximum absolute atomic E-state index is 4.14. The molecule has 5 heteroatoms. The van der Waals surface area contributed by atoms with Crippen molar-refractivity contribution in [2.45, 2.75) is 6.54 Å². The number of likely N-dealkylation sites (N-methyl/N-ethyl adjacent to an activating group) is 1. The molecule has 1 fully saturated rings. The van der Waals surface area contributed by atoms with E-state index in [-0.39, 0.29) is 0 Å². The number of hydrazine groups is 1.